The van der Waals surface area contributed by atoms with Gasteiger partial charge in [0.05, 0.1) is 5.69 Å². The van der Waals surface area contributed by atoms with E-state index in [0.717, 1.165) is 30.8 Å². The van der Waals surface area contributed by atoms with Crippen molar-refractivity contribution >= 4 is 5.69 Å². The van der Waals surface area contributed by atoms with Crippen molar-refractivity contribution in [1.82, 2.24) is 4.57 Å². The van der Waals surface area contributed by atoms with E-state index in [1.54, 1.807) is 6.07 Å². The Morgan fingerprint density at radius 2 is 2.13 bits per heavy atom. The van der Waals surface area contributed by atoms with Crippen molar-refractivity contribution in [1.29, 1.82) is 5.26 Å². The van der Waals surface area contributed by atoms with Gasteiger partial charge in [0.1, 0.15) is 11.8 Å². The first-order valence-electron chi connectivity index (χ1n) is 5.62. The molecule has 15 heavy (non-hydrogen) atoms. The number of anilines is 1. The Labute approximate surface area is 91.5 Å². The SMILES string of the molecule is CCCCCn1c(C#N)cc(N)c1CC. The van der Waals surface area contributed by atoms with Crippen molar-refractivity contribution in [3.8, 4) is 6.07 Å². The van der Waals surface area contributed by atoms with Crippen LogP contribution in [0.4, 0.5) is 5.69 Å². The zero-order valence-corrected chi connectivity index (χ0v) is 9.58. The number of nitrogen functional groups attached to an aromatic ring is 1. The number of nitrogens with zero attached hydrogens (tertiary/aromatic N) is 2. The zero-order valence-electron chi connectivity index (χ0n) is 9.58. The smallest absolute Gasteiger partial charge is 0.122 e. The molecule has 3 nitrogen and oxygen atoms in total. The highest BCUT2D eigenvalue weighted by atomic mass is 15.0. The van der Waals surface area contributed by atoms with Gasteiger partial charge in [-0.3, -0.25) is 0 Å². The molecule has 0 aliphatic heterocycles. The second kappa shape index (κ2) is 5.45. The fraction of sp³-hybridized carbons (Fsp3) is 0.583. The Kier molecular flexibility index (Phi) is 4.23. The van der Waals surface area contributed by atoms with Crippen LogP contribution in [0.3, 0.4) is 0 Å². The molecule has 0 radical (unpaired) electrons. The molecule has 0 bridgehead atoms. The van der Waals surface area contributed by atoms with Crippen molar-refractivity contribution in [3.05, 3.63) is 17.5 Å². The third-order valence-corrected chi connectivity index (χ3v) is 2.68. The van der Waals surface area contributed by atoms with E-state index < -0.39 is 0 Å². The Morgan fingerprint density at radius 3 is 2.67 bits per heavy atom. The molecule has 1 aromatic rings. The topological polar surface area (TPSA) is 54.7 Å². The van der Waals surface area contributed by atoms with E-state index in [1.807, 2.05) is 0 Å². The predicted molar refractivity (Wildman–Crippen MR) is 62.5 cm³/mol. The van der Waals surface area contributed by atoms with Crippen molar-refractivity contribution in [2.45, 2.75) is 46.1 Å². The van der Waals surface area contributed by atoms with Gasteiger partial charge in [-0.25, -0.2) is 0 Å². The Bertz CT molecular complexity index is 358. The quantitative estimate of drug-likeness (QED) is 0.751. The van der Waals surface area contributed by atoms with Crippen LogP contribution in [0.15, 0.2) is 6.07 Å². The molecule has 82 valence electrons. The van der Waals surface area contributed by atoms with E-state index >= 15 is 0 Å². The minimum Gasteiger partial charge on any atom is -0.397 e. The zero-order chi connectivity index (χ0) is 11.3. The summed E-state index contributed by atoms with van der Waals surface area (Å²) in [4.78, 5) is 0. The summed E-state index contributed by atoms with van der Waals surface area (Å²) < 4.78 is 2.06. The van der Waals surface area contributed by atoms with Crippen LogP contribution in [-0.4, -0.2) is 4.57 Å². The first kappa shape index (κ1) is 11.6. The molecule has 0 amide bonds. The van der Waals surface area contributed by atoms with Gasteiger partial charge in [-0.05, 0) is 18.9 Å². The van der Waals surface area contributed by atoms with Crippen molar-refractivity contribution in [2.75, 3.05) is 5.73 Å². The summed E-state index contributed by atoms with van der Waals surface area (Å²) in [6, 6.07) is 3.98. The van der Waals surface area contributed by atoms with Gasteiger partial charge in [0.2, 0.25) is 0 Å². The summed E-state index contributed by atoms with van der Waals surface area (Å²) in [5.41, 5.74) is 8.41. The molecule has 3 heteroatoms. The van der Waals surface area contributed by atoms with Crippen LogP contribution in [0.5, 0.6) is 0 Å². The molecule has 1 rings (SSSR count). The maximum absolute atomic E-state index is 8.98. The van der Waals surface area contributed by atoms with Gasteiger partial charge >= 0.3 is 0 Å². The first-order chi connectivity index (χ1) is 7.24. The summed E-state index contributed by atoms with van der Waals surface area (Å²) in [6.07, 6.45) is 4.40. The predicted octanol–water partition coefficient (Wildman–Crippen LogP) is 2.69. The van der Waals surface area contributed by atoms with Gasteiger partial charge in [0.15, 0.2) is 0 Å². The lowest BCUT2D eigenvalue weighted by molar-refractivity contribution is 0.584. The number of aromatic nitrogens is 1. The maximum atomic E-state index is 8.98. The molecule has 0 saturated carbocycles. The van der Waals surface area contributed by atoms with E-state index in [9.17, 15) is 0 Å². The van der Waals surface area contributed by atoms with Crippen LogP contribution in [0.2, 0.25) is 0 Å². The number of nitriles is 1. The monoisotopic (exact) mass is 205 g/mol. The lowest BCUT2D eigenvalue weighted by atomic mass is 10.2. The second-order valence-electron chi connectivity index (χ2n) is 3.76. The minimum atomic E-state index is 0.695. The van der Waals surface area contributed by atoms with Gasteiger partial charge in [-0.1, -0.05) is 26.7 Å². The molecule has 0 atom stereocenters. The van der Waals surface area contributed by atoms with E-state index in [-0.39, 0.29) is 0 Å². The van der Waals surface area contributed by atoms with Crippen LogP contribution in [-0.2, 0) is 13.0 Å². The Balaban J connectivity index is 2.87. The third-order valence-electron chi connectivity index (χ3n) is 2.68. The summed E-state index contributed by atoms with van der Waals surface area (Å²) in [7, 11) is 0. The summed E-state index contributed by atoms with van der Waals surface area (Å²) in [6.45, 7) is 5.16. The van der Waals surface area contributed by atoms with Crippen LogP contribution in [0, 0.1) is 11.3 Å². The van der Waals surface area contributed by atoms with Gasteiger partial charge in [-0.15, -0.1) is 0 Å². The van der Waals surface area contributed by atoms with E-state index in [1.165, 1.54) is 12.8 Å². The van der Waals surface area contributed by atoms with Crippen LogP contribution < -0.4 is 5.73 Å². The summed E-state index contributed by atoms with van der Waals surface area (Å²) in [5, 5.41) is 8.98. The van der Waals surface area contributed by atoms with E-state index in [2.05, 4.69) is 24.5 Å². The lowest BCUT2D eigenvalue weighted by Crippen LogP contribution is -2.05. The highest BCUT2D eigenvalue weighted by molar-refractivity contribution is 5.50. The molecule has 2 N–H and O–H groups in total. The molecule has 0 aromatic carbocycles. The molecule has 1 heterocycles. The molecule has 0 aliphatic rings. The largest absolute Gasteiger partial charge is 0.397 e. The number of unbranched alkanes of at least 4 members (excludes halogenated alkanes) is 2. The van der Waals surface area contributed by atoms with Crippen molar-refractivity contribution < 1.29 is 0 Å². The molecule has 0 aliphatic carbocycles. The average Bonchev–Trinajstić information content (AvgIpc) is 2.55. The second-order valence-corrected chi connectivity index (χ2v) is 3.76. The van der Waals surface area contributed by atoms with Crippen LogP contribution in [0.25, 0.3) is 0 Å². The maximum Gasteiger partial charge on any atom is 0.122 e. The molecular weight excluding hydrogens is 186 g/mol. The van der Waals surface area contributed by atoms with Gasteiger partial charge in [-0.2, -0.15) is 5.26 Å². The Morgan fingerprint density at radius 1 is 1.40 bits per heavy atom. The molecule has 0 saturated heterocycles. The Hall–Kier alpha value is -1.43. The van der Waals surface area contributed by atoms with E-state index in [4.69, 9.17) is 11.0 Å². The third kappa shape index (κ3) is 2.53. The molecule has 1 aromatic heterocycles. The van der Waals surface area contributed by atoms with Gasteiger partial charge < -0.3 is 10.3 Å². The van der Waals surface area contributed by atoms with Gasteiger partial charge in [0.25, 0.3) is 0 Å². The average molecular weight is 205 g/mol. The molecule has 0 unspecified atom stereocenters. The van der Waals surface area contributed by atoms with E-state index in [0.29, 0.717) is 5.69 Å². The standard InChI is InChI=1S/C12H19N3/c1-3-5-6-7-15-10(9-13)8-11(14)12(15)4-2/h8H,3-7,14H2,1-2H3. The lowest BCUT2D eigenvalue weighted by Gasteiger charge is -2.09. The molecule has 0 spiro atoms. The summed E-state index contributed by atoms with van der Waals surface area (Å²) >= 11 is 0. The fourth-order valence-corrected chi connectivity index (χ4v) is 1.87. The van der Waals surface area contributed by atoms with Gasteiger partial charge in [0, 0.05) is 12.2 Å². The normalized spacial score (nSPS) is 10.2. The van der Waals surface area contributed by atoms with Crippen LogP contribution in [0.1, 0.15) is 44.5 Å². The highest BCUT2D eigenvalue weighted by Crippen LogP contribution is 2.19. The number of rotatable bonds is 5. The number of hydrogen-bond acceptors (Lipinski definition) is 2. The van der Waals surface area contributed by atoms with Crippen molar-refractivity contribution in [2.24, 2.45) is 0 Å². The van der Waals surface area contributed by atoms with Crippen LogP contribution >= 0.6 is 0 Å². The van der Waals surface area contributed by atoms with Crippen molar-refractivity contribution in [3.63, 3.8) is 0 Å². The fourth-order valence-electron chi connectivity index (χ4n) is 1.87. The molecule has 0 fully saturated rings. The minimum absolute atomic E-state index is 0.695. The highest BCUT2D eigenvalue weighted by Gasteiger charge is 2.10. The molecular formula is C12H19N3. The summed E-state index contributed by atoms with van der Waals surface area (Å²) in [5.74, 6) is 0. The first-order valence-corrected chi connectivity index (χ1v) is 5.62. The number of nitrogens with two attached hydrogens (primary N) is 1. The number of hydrogen-bond donors (Lipinski definition) is 1.